The molecular formula is C17H16BrNO2. The number of hydrogen-bond donors (Lipinski definition) is 1. The molecular weight excluding hydrogens is 330 g/mol. The maximum absolute atomic E-state index is 12.4. The third-order valence-corrected chi connectivity index (χ3v) is 4.28. The van der Waals surface area contributed by atoms with E-state index in [0.29, 0.717) is 18.8 Å². The Bertz CT molecular complexity index is 702. The minimum absolute atomic E-state index is 0.0997. The lowest BCUT2D eigenvalue weighted by Crippen LogP contribution is -2.13. The predicted molar refractivity (Wildman–Crippen MR) is 86.5 cm³/mol. The first-order chi connectivity index (χ1) is 10.0. The van der Waals surface area contributed by atoms with Crippen molar-refractivity contribution >= 4 is 27.5 Å². The molecule has 0 saturated heterocycles. The van der Waals surface area contributed by atoms with E-state index in [1.54, 1.807) is 0 Å². The third-order valence-electron chi connectivity index (χ3n) is 3.65. The molecule has 0 fully saturated rings. The van der Waals surface area contributed by atoms with E-state index < -0.39 is 0 Å². The second kappa shape index (κ2) is 5.62. The van der Waals surface area contributed by atoms with Crippen molar-refractivity contribution in [3.63, 3.8) is 0 Å². The Morgan fingerprint density at radius 1 is 1.14 bits per heavy atom. The number of aryl methyl sites for hydroxylation is 2. The van der Waals surface area contributed by atoms with Crippen LogP contribution in [0.25, 0.3) is 0 Å². The van der Waals surface area contributed by atoms with Gasteiger partial charge in [-0.3, -0.25) is 4.79 Å². The number of fused-ring (bicyclic) bond motifs is 1. The zero-order chi connectivity index (χ0) is 15.0. The van der Waals surface area contributed by atoms with Gasteiger partial charge in [0.15, 0.2) is 0 Å². The highest BCUT2D eigenvalue weighted by Gasteiger charge is 2.15. The van der Waals surface area contributed by atoms with E-state index in [-0.39, 0.29) is 5.91 Å². The van der Waals surface area contributed by atoms with Crippen molar-refractivity contribution in [1.82, 2.24) is 0 Å². The SMILES string of the molecule is Cc1cc(C)c(NC(=O)c2ccc3c(c2)COC3)c(Br)c1. The monoisotopic (exact) mass is 345 g/mol. The standard InChI is InChI=1S/C17H16BrNO2/c1-10-5-11(2)16(15(18)6-10)19-17(20)12-3-4-13-8-21-9-14(13)7-12/h3-7H,8-9H2,1-2H3,(H,19,20). The minimum atomic E-state index is -0.0997. The van der Waals surface area contributed by atoms with Crippen molar-refractivity contribution in [1.29, 1.82) is 0 Å². The molecule has 2 aromatic carbocycles. The largest absolute Gasteiger partial charge is 0.372 e. The number of amides is 1. The van der Waals surface area contributed by atoms with Gasteiger partial charge in [-0.2, -0.15) is 0 Å². The van der Waals surface area contributed by atoms with E-state index in [9.17, 15) is 4.79 Å². The van der Waals surface area contributed by atoms with Crippen LogP contribution in [0.1, 0.15) is 32.6 Å². The zero-order valence-corrected chi connectivity index (χ0v) is 13.6. The van der Waals surface area contributed by atoms with Crippen LogP contribution in [-0.4, -0.2) is 5.91 Å². The van der Waals surface area contributed by atoms with Crippen LogP contribution in [0, 0.1) is 13.8 Å². The number of ether oxygens (including phenoxy) is 1. The number of benzene rings is 2. The third kappa shape index (κ3) is 2.87. The molecule has 0 radical (unpaired) electrons. The summed E-state index contributed by atoms with van der Waals surface area (Å²) in [4.78, 5) is 12.4. The van der Waals surface area contributed by atoms with Gasteiger partial charge in [0.05, 0.1) is 18.9 Å². The molecule has 1 heterocycles. The Morgan fingerprint density at radius 3 is 2.67 bits per heavy atom. The molecule has 0 spiro atoms. The van der Waals surface area contributed by atoms with Crippen LogP contribution >= 0.6 is 15.9 Å². The van der Waals surface area contributed by atoms with Crippen LogP contribution < -0.4 is 5.32 Å². The Balaban J connectivity index is 1.87. The fourth-order valence-electron chi connectivity index (χ4n) is 2.57. The van der Waals surface area contributed by atoms with Crippen molar-refractivity contribution in [3.8, 4) is 0 Å². The molecule has 1 amide bonds. The summed E-state index contributed by atoms with van der Waals surface area (Å²) in [5.41, 5.74) is 5.95. The lowest BCUT2D eigenvalue weighted by molar-refractivity contribution is 0.102. The fourth-order valence-corrected chi connectivity index (χ4v) is 3.35. The van der Waals surface area contributed by atoms with Crippen molar-refractivity contribution in [2.24, 2.45) is 0 Å². The average Bonchev–Trinajstić information content (AvgIpc) is 2.89. The molecule has 108 valence electrons. The summed E-state index contributed by atoms with van der Waals surface area (Å²) in [5, 5.41) is 2.99. The first kappa shape index (κ1) is 14.3. The van der Waals surface area contributed by atoms with Gasteiger partial charge < -0.3 is 10.1 Å². The summed E-state index contributed by atoms with van der Waals surface area (Å²) >= 11 is 3.51. The molecule has 0 aromatic heterocycles. The number of halogens is 1. The first-order valence-corrected chi connectivity index (χ1v) is 7.61. The number of nitrogens with one attached hydrogen (secondary N) is 1. The van der Waals surface area contributed by atoms with Crippen LogP contribution in [0.15, 0.2) is 34.8 Å². The van der Waals surface area contributed by atoms with Crippen molar-refractivity contribution in [3.05, 3.63) is 62.6 Å². The van der Waals surface area contributed by atoms with Crippen molar-refractivity contribution < 1.29 is 9.53 Å². The average molecular weight is 346 g/mol. The van der Waals surface area contributed by atoms with Gasteiger partial charge in [0.25, 0.3) is 5.91 Å². The van der Waals surface area contributed by atoms with Crippen LogP contribution in [0.3, 0.4) is 0 Å². The maximum atomic E-state index is 12.4. The molecule has 1 aliphatic rings. The van der Waals surface area contributed by atoms with Gasteiger partial charge in [-0.25, -0.2) is 0 Å². The summed E-state index contributed by atoms with van der Waals surface area (Å²) in [5.74, 6) is -0.0997. The second-order valence-electron chi connectivity index (χ2n) is 5.37. The maximum Gasteiger partial charge on any atom is 0.255 e. The van der Waals surface area contributed by atoms with Gasteiger partial charge in [0, 0.05) is 10.0 Å². The molecule has 2 aromatic rings. The predicted octanol–water partition coefficient (Wildman–Crippen LogP) is 4.35. The van der Waals surface area contributed by atoms with E-state index in [4.69, 9.17) is 4.74 Å². The topological polar surface area (TPSA) is 38.3 Å². The highest BCUT2D eigenvalue weighted by atomic mass is 79.9. The van der Waals surface area contributed by atoms with E-state index in [0.717, 1.165) is 26.9 Å². The number of anilines is 1. The van der Waals surface area contributed by atoms with Gasteiger partial charge in [0.1, 0.15) is 0 Å². The van der Waals surface area contributed by atoms with Gasteiger partial charge in [-0.05, 0) is 70.2 Å². The lowest BCUT2D eigenvalue weighted by atomic mass is 10.1. The highest BCUT2D eigenvalue weighted by molar-refractivity contribution is 9.10. The summed E-state index contributed by atoms with van der Waals surface area (Å²) in [6.45, 7) is 5.25. The molecule has 1 N–H and O–H groups in total. The smallest absolute Gasteiger partial charge is 0.255 e. The quantitative estimate of drug-likeness (QED) is 0.878. The molecule has 4 heteroatoms. The van der Waals surface area contributed by atoms with Crippen LogP contribution in [0.2, 0.25) is 0 Å². The Labute approximate surface area is 132 Å². The number of hydrogen-bond acceptors (Lipinski definition) is 2. The molecule has 0 unspecified atom stereocenters. The fraction of sp³-hybridized carbons (Fsp3) is 0.235. The van der Waals surface area contributed by atoms with E-state index in [2.05, 4.69) is 27.3 Å². The van der Waals surface area contributed by atoms with Crippen LogP contribution in [0.4, 0.5) is 5.69 Å². The normalized spacial score (nSPS) is 13.1. The molecule has 0 atom stereocenters. The molecule has 21 heavy (non-hydrogen) atoms. The molecule has 0 bridgehead atoms. The lowest BCUT2D eigenvalue weighted by Gasteiger charge is -2.12. The zero-order valence-electron chi connectivity index (χ0n) is 12.0. The van der Waals surface area contributed by atoms with Crippen LogP contribution in [0.5, 0.6) is 0 Å². The van der Waals surface area contributed by atoms with Crippen LogP contribution in [-0.2, 0) is 18.0 Å². The Morgan fingerprint density at radius 2 is 1.90 bits per heavy atom. The van der Waals surface area contributed by atoms with Gasteiger partial charge >= 0.3 is 0 Å². The number of carbonyl (C=O) groups is 1. The van der Waals surface area contributed by atoms with Crippen molar-refractivity contribution in [2.75, 3.05) is 5.32 Å². The van der Waals surface area contributed by atoms with Gasteiger partial charge in [-0.1, -0.05) is 12.1 Å². The van der Waals surface area contributed by atoms with E-state index >= 15 is 0 Å². The first-order valence-electron chi connectivity index (χ1n) is 6.82. The highest BCUT2D eigenvalue weighted by Crippen LogP contribution is 2.28. The van der Waals surface area contributed by atoms with E-state index in [1.807, 2.05) is 38.1 Å². The van der Waals surface area contributed by atoms with Gasteiger partial charge in [-0.15, -0.1) is 0 Å². The molecule has 1 aliphatic heterocycles. The summed E-state index contributed by atoms with van der Waals surface area (Å²) in [6.07, 6.45) is 0. The Hall–Kier alpha value is -1.65. The van der Waals surface area contributed by atoms with Gasteiger partial charge in [0.2, 0.25) is 0 Å². The molecule has 3 nitrogen and oxygen atoms in total. The molecule has 0 aliphatic carbocycles. The second-order valence-corrected chi connectivity index (χ2v) is 6.22. The summed E-state index contributed by atoms with van der Waals surface area (Å²) in [7, 11) is 0. The summed E-state index contributed by atoms with van der Waals surface area (Å²) < 4.78 is 6.28. The summed E-state index contributed by atoms with van der Waals surface area (Å²) in [6, 6.07) is 9.78. The molecule has 3 rings (SSSR count). The molecule has 0 saturated carbocycles. The number of rotatable bonds is 2. The number of carbonyl (C=O) groups excluding carboxylic acids is 1. The van der Waals surface area contributed by atoms with E-state index in [1.165, 1.54) is 5.56 Å². The van der Waals surface area contributed by atoms with Crippen molar-refractivity contribution in [2.45, 2.75) is 27.1 Å². The minimum Gasteiger partial charge on any atom is -0.372 e. The Kier molecular flexibility index (Phi) is 3.83.